The molecule has 1 aliphatic carbocycles. The molecule has 3 heterocycles. The predicted octanol–water partition coefficient (Wildman–Crippen LogP) is 2.84. The molecule has 1 N–H and O–H groups in total. The number of nitro groups is 1. The Kier molecular flexibility index (Phi) is 5.82. The molecule has 0 spiro atoms. The zero-order chi connectivity index (χ0) is 25.6. The van der Waals surface area contributed by atoms with E-state index in [0.29, 0.717) is 31.7 Å². The SMILES string of the molecule is COc1c(N2CCN(/N=C/c3ccc([N+](=O)[O-])o3)CC2)c(F)cc2c(=O)c(C(=O)O)cn(C3CC3)c12. The highest BCUT2D eigenvalue weighted by Crippen LogP contribution is 2.43. The van der Waals surface area contributed by atoms with Crippen molar-refractivity contribution in [2.75, 3.05) is 38.2 Å². The first-order chi connectivity index (χ1) is 17.3. The van der Waals surface area contributed by atoms with Crippen LogP contribution in [-0.2, 0) is 0 Å². The number of aromatic nitrogens is 1. The number of benzene rings is 1. The molecule has 1 aromatic carbocycles. The van der Waals surface area contributed by atoms with Crippen LogP contribution in [0.5, 0.6) is 5.75 Å². The number of methoxy groups -OCH3 is 1. The number of carboxylic acid groups (broad SMARTS) is 1. The molecule has 5 rings (SSSR count). The molecule has 0 radical (unpaired) electrons. The van der Waals surface area contributed by atoms with Crippen LogP contribution in [0.4, 0.5) is 16.0 Å². The minimum Gasteiger partial charge on any atom is -0.492 e. The number of carbonyl (C=O) groups is 1. The monoisotopic (exact) mass is 499 g/mol. The van der Waals surface area contributed by atoms with E-state index in [0.717, 1.165) is 18.9 Å². The summed E-state index contributed by atoms with van der Waals surface area (Å²) < 4.78 is 27.8. The summed E-state index contributed by atoms with van der Waals surface area (Å²) in [6, 6.07) is 3.80. The third-order valence-corrected chi connectivity index (χ3v) is 6.29. The van der Waals surface area contributed by atoms with Crippen LogP contribution in [0.2, 0.25) is 0 Å². The number of carboxylic acids is 1. The molecule has 12 nitrogen and oxygen atoms in total. The molecule has 1 saturated carbocycles. The van der Waals surface area contributed by atoms with Crippen molar-refractivity contribution in [1.29, 1.82) is 0 Å². The number of nitrogens with zero attached hydrogens (tertiary/aromatic N) is 5. The molecule has 0 amide bonds. The fraction of sp³-hybridized carbons (Fsp3) is 0.348. The maximum atomic E-state index is 15.4. The zero-order valence-electron chi connectivity index (χ0n) is 19.2. The minimum atomic E-state index is -1.36. The van der Waals surface area contributed by atoms with Crippen LogP contribution >= 0.6 is 0 Å². The van der Waals surface area contributed by atoms with Crippen LogP contribution in [0.3, 0.4) is 0 Å². The van der Waals surface area contributed by atoms with Crippen molar-refractivity contribution >= 4 is 34.7 Å². The smallest absolute Gasteiger partial charge is 0.433 e. The first kappa shape index (κ1) is 23.3. The van der Waals surface area contributed by atoms with E-state index in [2.05, 4.69) is 5.10 Å². The normalized spacial score (nSPS) is 16.2. The predicted molar refractivity (Wildman–Crippen MR) is 127 cm³/mol. The van der Waals surface area contributed by atoms with Gasteiger partial charge in [0, 0.05) is 25.3 Å². The zero-order valence-corrected chi connectivity index (χ0v) is 19.2. The van der Waals surface area contributed by atoms with E-state index < -0.39 is 27.7 Å². The van der Waals surface area contributed by atoms with E-state index in [-0.39, 0.29) is 34.5 Å². The number of pyridine rings is 1. The summed E-state index contributed by atoms with van der Waals surface area (Å²) in [7, 11) is 1.40. The van der Waals surface area contributed by atoms with E-state index in [1.807, 2.05) is 0 Å². The number of ether oxygens (including phenoxy) is 1. The first-order valence-corrected chi connectivity index (χ1v) is 11.2. The number of furan rings is 1. The lowest BCUT2D eigenvalue weighted by atomic mass is 10.1. The van der Waals surface area contributed by atoms with Crippen molar-refractivity contribution in [3.05, 3.63) is 61.9 Å². The van der Waals surface area contributed by atoms with E-state index in [1.54, 1.807) is 14.5 Å². The number of hydrogen-bond acceptors (Lipinski definition) is 9. The van der Waals surface area contributed by atoms with Gasteiger partial charge in [0.2, 0.25) is 5.43 Å². The first-order valence-electron chi connectivity index (χ1n) is 11.2. The van der Waals surface area contributed by atoms with Gasteiger partial charge < -0.3 is 23.7 Å². The van der Waals surface area contributed by atoms with Gasteiger partial charge >= 0.3 is 11.9 Å². The lowest BCUT2D eigenvalue weighted by Gasteiger charge is -2.35. The van der Waals surface area contributed by atoms with Gasteiger partial charge in [0.1, 0.15) is 16.2 Å². The van der Waals surface area contributed by atoms with Gasteiger partial charge in [-0.05, 0) is 25.0 Å². The standard InChI is InChI=1S/C23H22FN5O7/c1-35-22-19-15(21(30)16(23(31)32)12-28(19)13-2-3-13)10-17(24)20(22)26-6-8-27(9-7-26)25-11-14-4-5-18(36-14)29(33)34/h4-5,10-13H,2-3,6-9H2,1H3,(H,31,32)/b25-11+. The maximum Gasteiger partial charge on any atom is 0.433 e. The molecular weight excluding hydrogens is 477 g/mol. The second-order valence-corrected chi connectivity index (χ2v) is 8.57. The molecule has 2 fully saturated rings. The largest absolute Gasteiger partial charge is 0.492 e. The van der Waals surface area contributed by atoms with E-state index >= 15 is 4.39 Å². The number of aromatic carboxylic acids is 1. The van der Waals surface area contributed by atoms with Crippen LogP contribution in [0, 0.1) is 15.9 Å². The molecule has 0 unspecified atom stereocenters. The van der Waals surface area contributed by atoms with Gasteiger partial charge in [-0.3, -0.25) is 19.9 Å². The summed E-state index contributed by atoms with van der Waals surface area (Å²) >= 11 is 0. The van der Waals surface area contributed by atoms with E-state index in [9.17, 15) is 24.8 Å². The van der Waals surface area contributed by atoms with Gasteiger partial charge in [-0.1, -0.05) is 0 Å². The molecule has 1 saturated heterocycles. The summed E-state index contributed by atoms with van der Waals surface area (Å²) in [6.07, 6.45) is 4.35. The van der Waals surface area contributed by atoms with Crippen LogP contribution < -0.4 is 15.1 Å². The topological polar surface area (TPSA) is 144 Å². The van der Waals surface area contributed by atoms with E-state index in [4.69, 9.17) is 9.15 Å². The highest BCUT2D eigenvalue weighted by molar-refractivity contribution is 5.97. The Balaban J connectivity index is 1.45. The summed E-state index contributed by atoms with van der Waals surface area (Å²) in [6.45, 7) is 1.62. The van der Waals surface area contributed by atoms with Gasteiger partial charge in [-0.2, -0.15) is 5.10 Å². The fourth-order valence-electron chi connectivity index (χ4n) is 4.41. The molecule has 3 aromatic rings. The second-order valence-electron chi connectivity index (χ2n) is 8.57. The molecule has 2 aromatic heterocycles. The van der Waals surface area contributed by atoms with Crippen LogP contribution in [0.25, 0.3) is 10.9 Å². The van der Waals surface area contributed by atoms with Crippen LogP contribution in [0.1, 0.15) is 35.0 Å². The van der Waals surface area contributed by atoms with Crippen LogP contribution in [0.15, 0.2) is 38.7 Å². The summed E-state index contributed by atoms with van der Waals surface area (Å²) in [5, 5.41) is 26.2. The summed E-state index contributed by atoms with van der Waals surface area (Å²) in [5.41, 5.74) is -0.578. The van der Waals surface area contributed by atoms with Crippen LogP contribution in [-0.4, -0.2) is 65.1 Å². The van der Waals surface area contributed by atoms with Crippen molar-refractivity contribution in [2.45, 2.75) is 18.9 Å². The number of halogens is 1. The molecular formula is C23H22FN5O7. The third-order valence-electron chi connectivity index (χ3n) is 6.29. The van der Waals surface area contributed by atoms with Crippen molar-refractivity contribution in [3.8, 4) is 5.75 Å². The van der Waals surface area contributed by atoms with Gasteiger partial charge in [0.05, 0.1) is 43.4 Å². The molecule has 0 atom stereocenters. The Morgan fingerprint density at radius 1 is 1.31 bits per heavy atom. The minimum absolute atomic E-state index is 0.0158. The number of fused-ring (bicyclic) bond motifs is 1. The number of piperazine rings is 1. The molecule has 2 aliphatic rings. The second kappa shape index (κ2) is 8.98. The Morgan fingerprint density at radius 3 is 2.61 bits per heavy atom. The molecule has 0 bridgehead atoms. The molecule has 1 aliphatic heterocycles. The fourth-order valence-corrected chi connectivity index (χ4v) is 4.41. The summed E-state index contributed by atoms with van der Waals surface area (Å²) in [5.74, 6) is -1.99. The van der Waals surface area contributed by atoms with Crippen molar-refractivity contribution < 1.29 is 28.4 Å². The summed E-state index contributed by atoms with van der Waals surface area (Å²) in [4.78, 5) is 36.4. The van der Waals surface area contributed by atoms with Gasteiger partial charge in [-0.15, -0.1) is 0 Å². The number of hydrogen-bond donors (Lipinski definition) is 1. The third kappa shape index (κ3) is 4.12. The van der Waals surface area contributed by atoms with Gasteiger partial charge in [0.25, 0.3) is 0 Å². The molecule has 36 heavy (non-hydrogen) atoms. The van der Waals surface area contributed by atoms with Crippen molar-refractivity contribution in [3.63, 3.8) is 0 Å². The average molecular weight is 499 g/mol. The quantitative estimate of drug-likeness (QED) is 0.295. The molecule has 13 heteroatoms. The van der Waals surface area contributed by atoms with Gasteiger partial charge in [-0.25, -0.2) is 9.18 Å². The molecule has 188 valence electrons. The Morgan fingerprint density at radius 2 is 2.03 bits per heavy atom. The van der Waals surface area contributed by atoms with Crippen molar-refractivity contribution in [2.24, 2.45) is 5.10 Å². The highest BCUT2D eigenvalue weighted by atomic mass is 19.1. The Bertz CT molecular complexity index is 1450. The van der Waals surface area contributed by atoms with E-state index in [1.165, 1.54) is 31.7 Å². The number of anilines is 1. The van der Waals surface area contributed by atoms with Crippen molar-refractivity contribution in [1.82, 2.24) is 9.58 Å². The lowest BCUT2D eigenvalue weighted by Crippen LogP contribution is -2.44. The Hall–Kier alpha value is -4.42. The number of hydrazone groups is 1. The maximum absolute atomic E-state index is 15.4. The lowest BCUT2D eigenvalue weighted by molar-refractivity contribution is -0.402. The highest BCUT2D eigenvalue weighted by Gasteiger charge is 2.32. The average Bonchev–Trinajstić information content (AvgIpc) is 3.59. The Labute approximate surface area is 202 Å². The van der Waals surface area contributed by atoms with Gasteiger partial charge in [0.15, 0.2) is 17.3 Å². The number of rotatable bonds is 7.